The molecule has 8 nitrogen and oxygen atoms in total. The van der Waals surface area contributed by atoms with Gasteiger partial charge in [0, 0.05) is 17.7 Å². The summed E-state index contributed by atoms with van der Waals surface area (Å²) in [4.78, 5) is 21.5. The van der Waals surface area contributed by atoms with Crippen LogP contribution >= 0.6 is 0 Å². The van der Waals surface area contributed by atoms with Crippen LogP contribution in [0, 0.1) is 6.92 Å². The summed E-state index contributed by atoms with van der Waals surface area (Å²) >= 11 is 0. The molecule has 24 heavy (non-hydrogen) atoms. The number of nitrogens with one attached hydrogen (secondary N) is 3. The first-order valence-electron chi connectivity index (χ1n) is 7.90. The van der Waals surface area contributed by atoms with Gasteiger partial charge in [-0.2, -0.15) is 5.10 Å². The van der Waals surface area contributed by atoms with Crippen LogP contribution in [0.1, 0.15) is 25.6 Å². The van der Waals surface area contributed by atoms with Crippen LogP contribution in [0.5, 0.6) is 0 Å². The van der Waals surface area contributed by atoms with Gasteiger partial charge in [-0.25, -0.2) is 9.78 Å². The van der Waals surface area contributed by atoms with Crippen molar-refractivity contribution in [1.29, 1.82) is 0 Å². The van der Waals surface area contributed by atoms with Gasteiger partial charge in [-0.15, -0.1) is 0 Å². The fraction of sp³-hybridized carbons (Fsp3) is 0.375. The minimum atomic E-state index is -0.273. The first kappa shape index (κ1) is 16.0. The highest BCUT2D eigenvalue weighted by Crippen LogP contribution is 2.18. The SMILES string of the molecule is CCC1=NOC(CNC(=O)Nc2ccc(-c3n[nH]c(C)n3)cc2)C1. The average Bonchev–Trinajstić information content (AvgIpc) is 3.22. The number of amides is 2. The van der Waals surface area contributed by atoms with E-state index in [9.17, 15) is 4.79 Å². The zero-order chi connectivity index (χ0) is 16.9. The van der Waals surface area contributed by atoms with E-state index in [1.54, 1.807) is 0 Å². The zero-order valence-corrected chi connectivity index (χ0v) is 13.7. The Kier molecular flexibility index (Phi) is 4.74. The number of carbonyl (C=O) groups excluding carboxylic acids is 1. The molecule has 1 aromatic heterocycles. The quantitative estimate of drug-likeness (QED) is 0.784. The Morgan fingerprint density at radius 3 is 2.79 bits per heavy atom. The van der Waals surface area contributed by atoms with Gasteiger partial charge < -0.3 is 15.5 Å². The van der Waals surface area contributed by atoms with Crippen LogP contribution in [-0.2, 0) is 4.84 Å². The van der Waals surface area contributed by atoms with E-state index in [0.717, 1.165) is 29.9 Å². The van der Waals surface area contributed by atoms with Crippen LogP contribution in [0.4, 0.5) is 10.5 Å². The summed E-state index contributed by atoms with van der Waals surface area (Å²) in [6, 6.07) is 7.07. The molecule has 0 spiro atoms. The van der Waals surface area contributed by atoms with Gasteiger partial charge in [0.15, 0.2) is 5.82 Å². The number of hydrogen-bond donors (Lipinski definition) is 3. The number of aromatic nitrogens is 3. The maximum atomic E-state index is 11.9. The topological polar surface area (TPSA) is 104 Å². The Morgan fingerprint density at radius 2 is 2.17 bits per heavy atom. The summed E-state index contributed by atoms with van der Waals surface area (Å²) in [5.74, 6) is 1.39. The summed E-state index contributed by atoms with van der Waals surface area (Å²) in [6.45, 7) is 4.31. The molecule has 8 heteroatoms. The van der Waals surface area contributed by atoms with Crippen molar-refractivity contribution >= 4 is 17.4 Å². The van der Waals surface area contributed by atoms with Crippen molar-refractivity contribution in [1.82, 2.24) is 20.5 Å². The van der Waals surface area contributed by atoms with Crippen molar-refractivity contribution in [2.45, 2.75) is 32.8 Å². The number of anilines is 1. The Labute approximate surface area is 139 Å². The van der Waals surface area contributed by atoms with Crippen LogP contribution in [0.2, 0.25) is 0 Å². The largest absolute Gasteiger partial charge is 0.390 e. The molecule has 0 radical (unpaired) electrons. The molecule has 1 aliphatic heterocycles. The van der Waals surface area contributed by atoms with Gasteiger partial charge in [-0.05, 0) is 37.6 Å². The number of urea groups is 1. The highest BCUT2D eigenvalue weighted by atomic mass is 16.6. The number of rotatable bonds is 5. The number of benzene rings is 1. The predicted molar refractivity (Wildman–Crippen MR) is 90.8 cm³/mol. The number of carbonyl (C=O) groups is 1. The van der Waals surface area contributed by atoms with E-state index in [2.05, 4.69) is 31.0 Å². The molecule has 0 saturated heterocycles. The molecule has 1 atom stereocenters. The minimum absolute atomic E-state index is 0.0814. The highest BCUT2D eigenvalue weighted by molar-refractivity contribution is 5.89. The molecule has 0 bridgehead atoms. The normalized spacial score (nSPS) is 16.4. The molecule has 3 rings (SSSR count). The van der Waals surface area contributed by atoms with E-state index in [4.69, 9.17) is 4.84 Å². The van der Waals surface area contributed by atoms with Crippen molar-refractivity contribution in [3.8, 4) is 11.4 Å². The number of oxime groups is 1. The molecule has 3 N–H and O–H groups in total. The van der Waals surface area contributed by atoms with Gasteiger partial charge in [0.25, 0.3) is 0 Å². The second-order valence-corrected chi connectivity index (χ2v) is 5.60. The van der Waals surface area contributed by atoms with Crippen molar-refractivity contribution in [3.63, 3.8) is 0 Å². The van der Waals surface area contributed by atoms with Crippen molar-refractivity contribution < 1.29 is 9.63 Å². The average molecular weight is 328 g/mol. The molecule has 2 amide bonds. The maximum absolute atomic E-state index is 11.9. The van der Waals surface area contributed by atoms with Crippen molar-refractivity contribution in [2.24, 2.45) is 5.16 Å². The van der Waals surface area contributed by atoms with Crippen LogP contribution in [0.15, 0.2) is 29.4 Å². The summed E-state index contributed by atoms with van der Waals surface area (Å²) in [5, 5.41) is 16.4. The van der Waals surface area contributed by atoms with E-state index in [-0.39, 0.29) is 12.1 Å². The third-order valence-corrected chi connectivity index (χ3v) is 3.69. The van der Waals surface area contributed by atoms with Crippen molar-refractivity contribution in [3.05, 3.63) is 30.1 Å². The molecule has 126 valence electrons. The molecular weight excluding hydrogens is 308 g/mol. The molecule has 0 saturated carbocycles. The van der Waals surface area contributed by atoms with E-state index in [1.165, 1.54) is 0 Å². The monoisotopic (exact) mass is 328 g/mol. The summed E-state index contributed by atoms with van der Waals surface area (Å²) < 4.78 is 0. The second kappa shape index (κ2) is 7.12. The van der Waals surface area contributed by atoms with E-state index in [0.29, 0.717) is 18.1 Å². The Hall–Kier alpha value is -2.90. The van der Waals surface area contributed by atoms with E-state index in [1.807, 2.05) is 38.1 Å². The summed E-state index contributed by atoms with van der Waals surface area (Å²) in [7, 11) is 0. The molecule has 2 aromatic rings. The standard InChI is InChI=1S/C16H20N6O2/c1-3-12-8-14(24-22-12)9-17-16(23)19-13-6-4-11(5-7-13)15-18-10(2)20-21-15/h4-7,14H,3,8-9H2,1-2H3,(H2,17,19,23)(H,18,20,21). The van der Waals surface area contributed by atoms with E-state index >= 15 is 0 Å². The lowest BCUT2D eigenvalue weighted by Crippen LogP contribution is -2.35. The fourth-order valence-electron chi connectivity index (χ4n) is 2.36. The minimum Gasteiger partial charge on any atom is -0.390 e. The molecule has 0 aliphatic carbocycles. The number of aromatic amines is 1. The summed E-state index contributed by atoms with van der Waals surface area (Å²) in [5.41, 5.74) is 2.61. The van der Waals surface area contributed by atoms with Gasteiger partial charge in [-0.3, -0.25) is 5.10 Å². The smallest absolute Gasteiger partial charge is 0.319 e. The lowest BCUT2D eigenvalue weighted by Gasteiger charge is -2.11. The number of hydrogen-bond acceptors (Lipinski definition) is 5. The second-order valence-electron chi connectivity index (χ2n) is 5.60. The zero-order valence-electron chi connectivity index (χ0n) is 13.7. The van der Waals surface area contributed by atoms with Gasteiger partial charge in [-0.1, -0.05) is 12.1 Å². The third kappa shape index (κ3) is 3.89. The number of H-pyrrole nitrogens is 1. The van der Waals surface area contributed by atoms with Crippen LogP contribution in [-0.4, -0.2) is 39.6 Å². The Balaban J connectivity index is 1.48. The third-order valence-electron chi connectivity index (χ3n) is 3.69. The lowest BCUT2D eigenvalue weighted by atomic mass is 10.1. The van der Waals surface area contributed by atoms with Gasteiger partial charge in [0.05, 0.1) is 12.3 Å². The Bertz CT molecular complexity index is 737. The molecule has 0 fully saturated rings. The molecule has 1 aromatic carbocycles. The molecular formula is C16H20N6O2. The first-order chi connectivity index (χ1) is 11.6. The molecule has 1 unspecified atom stereocenters. The maximum Gasteiger partial charge on any atom is 0.319 e. The first-order valence-corrected chi connectivity index (χ1v) is 7.90. The van der Waals surface area contributed by atoms with E-state index < -0.39 is 0 Å². The van der Waals surface area contributed by atoms with Crippen LogP contribution in [0.25, 0.3) is 11.4 Å². The van der Waals surface area contributed by atoms with Crippen molar-refractivity contribution in [2.75, 3.05) is 11.9 Å². The van der Waals surface area contributed by atoms with Gasteiger partial charge in [0.2, 0.25) is 0 Å². The van der Waals surface area contributed by atoms with Gasteiger partial charge >= 0.3 is 6.03 Å². The number of aryl methyl sites for hydroxylation is 1. The predicted octanol–water partition coefficient (Wildman–Crippen LogP) is 2.46. The molecule has 1 aliphatic rings. The van der Waals surface area contributed by atoms with Crippen LogP contribution < -0.4 is 10.6 Å². The summed E-state index contributed by atoms with van der Waals surface area (Å²) in [6.07, 6.45) is 1.56. The van der Waals surface area contributed by atoms with Gasteiger partial charge in [0.1, 0.15) is 11.9 Å². The molecule has 2 heterocycles. The Morgan fingerprint density at radius 1 is 1.38 bits per heavy atom. The lowest BCUT2D eigenvalue weighted by molar-refractivity contribution is 0.0870. The highest BCUT2D eigenvalue weighted by Gasteiger charge is 2.20. The number of nitrogens with zero attached hydrogens (tertiary/aromatic N) is 3. The van der Waals surface area contributed by atoms with Crippen LogP contribution in [0.3, 0.4) is 0 Å². The fourth-order valence-corrected chi connectivity index (χ4v) is 2.36.